The molecule has 0 N–H and O–H groups in total. The normalized spacial score (nSPS) is 10.8. The number of hydrogen-bond acceptors (Lipinski definition) is 6. The molecule has 0 amide bonds. The van der Waals surface area contributed by atoms with Crippen molar-refractivity contribution in [2.24, 2.45) is 0 Å². The van der Waals surface area contributed by atoms with Gasteiger partial charge in [-0.1, -0.05) is 37.6 Å². The zero-order chi connectivity index (χ0) is 22.5. The Morgan fingerprint density at radius 3 is 2.23 bits per heavy atom. The molecule has 31 heavy (non-hydrogen) atoms. The minimum Gasteiger partial charge on any atom is -0.497 e. The Morgan fingerprint density at radius 1 is 1.06 bits per heavy atom. The number of halogens is 1. The second-order valence-electron chi connectivity index (χ2n) is 6.95. The molecule has 0 aliphatic rings. The van der Waals surface area contributed by atoms with Gasteiger partial charge < -0.3 is 14.2 Å². The average Bonchev–Trinajstić information content (AvgIpc) is 2.77. The van der Waals surface area contributed by atoms with Crippen LogP contribution in [0.5, 0.6) is 17.2 Å². The van der Waals surface area contributed by atoms with Crippen molar-refractivity contribution in [1.29, 1.82) is 0 Å². The zero-order valence-electron chi connectivity index (χ0n) is 17.7. The van der Waals surface area contributed by atoms with Gasteiger partial charge in [0.05, 0.1) is 19.4 Å². The Kier molecular flexibility index (Phi) is 6.97. The summed E-state index contributed by atoms with van der Waals surface area (Å²) in [6.45, 7) is 5.94. The molecule has 0 aliphatic heterocycles. The van der Waals surface area contributed by atoms with Crippen LogP contribution in [0, 0.1) is 0 Å². The third-order valence-electron chi connectivity index (χ3n) is 4.55. The standard InChI is InChI=1S/C23H23ClN2O5/c1-5-30-23(28)20-19(24)21(31-18-12-10-17(29-4)11-13-18)22(27)26(25-20)16-8-6-15(7-9-16)14(2)3/h6-14H,5H2,1-4H3. The van der Waals surface area contributed by atoms with Crippen molar-refractivity contribution in [2.45, 2.75) is 26.7 Å². The maximum absolute atomic E-state index is 13.2. The molecule has 0 unspecified atom stereocenters. The van der Waals surface area contributed by atoms with E-state index in [1.165, 1.54) is 0 Å². The minimum atomic E-state index is -0.750. The molecule has 0 bridgehead atoms. The molecule has 162 valence electrons. The number of ether oxygens (including phenoxy) is 3. The second kappa shape index (κ2) is 9.66. The van der Waals surface area contributed by atoms with Crippen LogP contribution in [0.4, 0.5) is 0 Å². The Morgan fingerprint density at radius 2 is 1.68 bits per heavy atom. The monoisotopic (exact) mass is 442 g/mol. The van der Waals surface area contributed by atoms with Crippen LogP contribution >= 0.6 is 11.6 Å². The van der Waals surface area contributed by atoms with E-state index in [1.807, 2.05) is 12.1 Å². The summed E-state index contributed by atoms with van der Waals surface area (Å²) >= 11 is 6.35. The molecule has 0 saturated carbocycles. The zero-order valence-corrected chi connectivity index (χ0v) is 18.5. The summed E-state index contributed by atoms with van der Waals surface area (Å²) in [6, 6.07) is 13.9. The molecular weight excluding hydrogens is 420 g/mol. The fourth-order valence-electron chi connectivity index (χ4n) is 2.84. The van der Waals surface area contributed by atoms with Crippen LogP contribution in [0.3, 0.4) is 0 Å². The highest BCUT2D eigenvalue weighted by Gasteiger charge is 2.24. The average molecular weight is 443 g/mol. The van der Waals surface area contributed by atoms with E-state index in [1.54, 1.807) is 50.4 Å². The number of carbonyl (C=O) groups excluding carboxylic acids is 1. The predicted molar refractivity (Wildman–Crippen MR) is 118 cm³/mol. The van der Waals surface area contributed by atoms with Gasteiger partial charge in [-0.3, -0.25) is 4.79 Å². The first-order valence-corrected chi connectivity index (χ1v) is 10.2. The lowest BCUT2D eigenvalue weighted by Crippen LogP contribution is -2.26. The third kappa shape index (κ3) is 4.88. The topological polar surface area (TPSA) is 79.7 Å². The molecule has 7 nitrogen and oxygen atoms in total. The first-order chi connectivity index (χ1) is 14.8. The first-order valence-electron chi connectivity index (χ1n) is 9.77. The van der Waals surface area contributed by atoms with E-state index >= 15 is 0 Å². The minimum absolute atomic E-state index is 0.133. The lowest BCUT2D eigenvalue weighted by Gasteiger charge is -2.14. The van der Waals surface area contributed by atoms with Gasteiger partial charge in [0.2, 0.25) is 5.75 Å². The van der Waals surface area contributed by atoms with E-state index in [-0.39, 0.29) is 23.1 Å². The van der Waals surface area contributed by atoms with E-state index in [4.69, 9.17) is 25.8 Å². The van der Waals surface area contributed by atoms with Crippen LogP contribution in [0.15, 0.2) is 53.3 Å². The molecule has 0 aliphatic carbocycles. The highest BCUT2D eigenvalue weighted by atomic mass is 35.5. The molecule has 0 spiro atoms. The van der Waals surface area contributed by atoms with Crippen LogP contribution in [0.1, 0.15) is 42.7 Å². The number of benzene rings is 2. The van der Waals surface area contributed by atoms with E-state index < -0.39 is 11.5 Å². The number of carbonyl (C=O) groups is 1. The van der Waals surface area contributed by atoms with Crippen molar-refractivity contribution >= 4 is 17.6 Å². The van der Waals surface area contributed by atoms with E-state index in [9.17, 15) is 9.59 Å². The number of methoxy groups -OCH3 is 1. The maximum atomic E-state index is 13.2. The predicted octanol–water partition coefficient (Wildman–Crippen LogP) is 4.99. The number of esters is 1. The summed E-state index contributed by atoms with van der Waals surface area (Å²) in [4.78, 5) is 25.6. The molecule has 0 saturated heterocycles. The summed E-state index contributed by atoms with van der Waals surface area (Å²) in [7, 11) is 1.55. The number of rotatable bonds is 7. The fourth-order valence-corrected chi connectivity index (χ4v) is 3.08. The van der Waals surface area contributed by atoms with Crippen LogP contribution in [0.25, 0.3) is 5.69 Å². The highest BCUT2D eigenvalue weighted by Crippen LogP contribution is 2.30. The molecule has 1 aromatic heterocycles. The summed E-state index contributed by atoms with van der Waals surface area (Å²) in [5.41, 5.74) is 0.757. The molecule has 0 fully saturated rings. The van der Waals surface area contributed by atoms with E-state index in [0.717, 1.165) is 10.2 Å². The van der Waals surface area contributed by atoms with Crippen molar-refractivity contribution < 1.29 is 19.0 Å². The summed E-state index contributed by atoms with van der Waals surface area (Å²) in [5.74, 6) is 0.330. The van der Waals surface area contributed by atoms with Gasteiger partial charge in [-0.2, -0.15) is 9.78 Å². The first kappa shape index (κ1) is 22.4. The maximum Gasteiger partial charge on any atom is 0.360 e. The number of hydrogen-bond donors (Lipinski definition) is 0. The number of aromatic nitrogens is 2. The third-order valence-corrected chi connectivity index (χ3v) is 4.90. The van der Waals surface area contributed by atoms with Gasteiger partial charge in [-0.15, -0.1) is 0 Å². The lowest BCUT2D eigenvalue weighted by molar-refractivity contribution is 0.0517. The van der Waals surface area contributed by atoms with Crippen molar-refractivity contribution in [1.82, 2.24) is 9.78 Å². The number of nitrogens with zero attached hydrogens (tertiary/aromatic N) is 2. The Balaban J connectivity index is 2.13. The Bertz CT molecular complexity index is 1120. The van der Waals surface area contributed by atoms with Crippen molar-refractivity contribution in [2.75, 3.05) is 13.7 Å². The van der Waals surface area contributed by atoms with Gasteiger partial charge in [0.15, 0.2) is 5.69 Å². The Hall–Kier alpha value is -3.32. The molecule has 0 radical (unpaired) electrons. The SMILES string of the molecule is CCOC(=O)c1nn(-c2ccc(C(C)C)cc2)c(=O)c(Oc2ccc(OC)cc2)c1Cl. The van der Waals surface area contributed by atoms with Gasteiger partial charge >= 0.3 is 11.5 Å². The molecule has 1 heterocycles. The summed E-state index contributed by atoms with van der Waals surface area (Å²) < 4.78 is 17.0. The molecule has 3 rings (SSSR count). The van der Waals surface area contributed by atoms with Crippen molar-refractivity contribution in [3.05, 3.63) is 75.2 Å². The van der Waals surface area contributed by atoms with Gasteiger partial charge in [0, 0.05) is 0 Å². The molecule has 3 aromatic rings. The Labute approximate surface area is 185 Å². The van der Waals surface area contributed by atoms with Crippen LogP contribution < -0.4 is 15.0 Å². The van der Waals surface area contributed by atoms with Crippen LogP contribution in [0.2, 0.25) is 5.02 Å². The van der Waals surface area contributed by atoms with Crippen molar-refractivity contribution in [3.8, 4) is 22.9 Å². The van der Waals surface area contributed by atoms with E-state index in [2.05, 4.69) is 18.9 Å². The van der Waals surface area contributed by atoms with Crippen LogP contribution in [-0.4, -0.2) is 29.5 Å². The molecule has 8 heteroatoms. The molecule has 0 atom stereocenters. The summed E-state index contributed by atoms with van der Waals surface area (Å²) in [5, 5.41) is 3.95. The van der Waals surface area contributed by atoms with Gasteiger partial charge in [0.25, 0.3) is 0 Å². The molecule has 2 aromatic carbocycles. The summed E-state index contributed by atoms with van der Waals surface area (Å²) in [6.07, 6.45) is 0. The lowest BCUT2D eigenvalue weighted by atomic mass is 10.0. The van der Waals surface area contributed by atoms with Crippen molar-refractivity contribution in [3.63, 3.8) is 0 Å². The molecular formula is C23H23ClN2O5. The largest absolute Gasteiger partial charge is 0.497 e. The van der Waals surface area contributed by atoms with Gasteiger partial charge in [-0.05, 0) is 54.8 Å². The quantitative estimate of drug-likeness (QED) is 0.480. The van der Waals surface area contributed by atoms with Gasteiger partial charge in [-0.25, -0.2) is 4.79 Å². The fraction of sp³-hybridized carbons (Fsp3) is 0.261. The van der Waals surface area contributed by atoms with Gasteiger partial charge in [0.1, 0.15) is 16.5 Å². The smallest absolute Gasteiger partial charge is 0.360 e. The second-order valence-corrected chi connectivity index (χ2v) is 7.33. The van der Waals surface area contributed by atoms with Crippen LogP contribution in [-0.2, 0) is 4.74 Å². The van der Waals surface area contributed by atoms with E-state index in [0.29, 0.717) is 23.1 Å². The highest BCUT2D eigenvalue weighted by molar-refractivity contribution is 6.34.